The standard InChI is InChI=1S/C15H19Br3O3/c1-2-9-10(17)7-12(18)15(19)13(9)14-11(21-15)6-8(20-14)4-3-5-16/h4-5,8-14,19H,2,6-7H2,1H3/t3?,8?,9-,10+,11+,12-,13+,14-,15+/m0/s1. The molecule has 0 aromatic carbocycles. The average molecular weight is 487 g/mol. The molecule has 0 spiro atoms. The van der Waals surface area contributed by atoms with Crippen molar-refractivity contribution in [3.8, 4) is 0 Å². The van der Waals surface area contributed by atoms with Gasteiger partial charge in [0.15, 0.2) is 5.79 Å². The van der Waals surface area contributed by atoms with Crippen molar-refractivity contribution in [1.29, 1.82) is 0 Å². The highest BCUT2D eigenvalue weighted by molar-refractivity contribution is 9.11. The monoisotopic (exact) mass is 484 g/mol. The van der Waals surface area contributed by atoms with E-state index >= 15 is 0 Å². The minimum absolute atomic E-state index is 0.00125. The molecule has 3 rings (SSSR count). The van der Waals surface area contributed by atoms with Crippen LogP contribution in [0.5, 0.6) is 0 Å². The first-order valence-corrected chi connectivity index (χ1v) is 10.1. The molecule has 0 aromatic heterocycles. The fraction of sp³-hybridized carbons (Fsp3) is 0.800. The first-order chi connectivity index (χ1) is 10.0. The lowest BCUT2D eigenvalue weighted by atomic mass is 9.71. The van der Waals surface area contributed by atoms with Gasteiger partial charge in [0.2, 0.25) is 0 Å². The van der Waals surface area contributed by atoms with Crippen LogP contribution in [0.25, 0.3) is 0 Å². The zero-order chi connectivity index (χ0) is 15.2. The van der Waals surface area contributed by atoms with Crippen LogP contribution in [0.4, 0.5) is 0 Å². The van der Waals surface area contributed by atoms with Crippen molar-refractivity contribution in [1.82, 2.24) is 0 Å². The number of rotatable bonds is 2. The summed E-state index contributed by atoms with van der Waals surface area (Å²) in [7, 11) is 0. The zero-order valence-corrected chi connectivity index (χ0v) is 16.5. The third-order valence-electron chi connectivity index (χ3n) is 4.96. The SMILES string of the molecule is CC[C@@H]1[C@@H]2[C@H]3OC(C=C=CBr)C[C@H]3O[C@]2(O)[C@@H](Br)C[C@H]1Br. The third-order valence-corrected chi connectivity index (χ3v) is 7.30. The van der Waals surface area contributed by atoms with Gasteiger partial charge in [-0.25, -0.2) is 0 Å². The van der Waals surface area contributed by atoms with Crippen molar-refractivity contribution < 1.29 is 14.6 Å². The molecule has 0 bridgehead atoms. The maximum Gasteiger partial charge on any atom is 0.184 e. The van der Waals surface area contributed by atoms with Gasteiger partial charge in [0.25, 0.3) is 0 Å². The molecule has 3 fully saturated rings. The number of aliphatic hydroxyl groups is 1. The molecule has 118 valence electrons. The number of halogens is 3. The van der Waals surface area contributed by atoms with Gasteiger partial charge in [-0.1, -0.05) is 61.1 Å². The Kier molecular flexibility index (Phi) is 5.08. The fourth-order valence-electron chi connectivity index (χ4n) is 4.06. The van der Waals surface area contributed by atoms with E-state index in [0.29, 0.717) is 10.7 Å². The molecule has 0 radical (unpaired) electrons. The van der Waals surface area contributed by atoms with Crippen molar-refractivity contribution in [3.63, 3.8) is 0 Å². The number of fused-ring (bicyclic) bond motifs is 3. The summed E-state index contributed by atoms with van der Waals surface area (Å²) < 4.78 is 12.2. The predicted octanol–water partition coefficient (Wildman–Crippen LogP) is 3.87. The Morgan fingerprint density at radius 3 is 2.81 bits per heavy atom. The van der Waals surface area contributed by atoms with E-state index in [4.69, 9.17) is 9.47 Å². The summed E-state index contributed by atoms with van der Waals surface area (Å²) in [6.45, 7) is 2.17. The highest BCUT2D eigenvalue weighted by Gasteiger charge is 2.65. The summed E-state index contributed by atoms with van der Waals surface area (Å²) in [4.78, 5) is 2.01. The number of hydrogen-bond donors (Lipinski definition) is 1. The second-order valence-electron chi connectivity index (χ2n) is 6.04. The fourth-order valence-corrected chi connectivity index (χ4v) is 6.60. The summed E-state index contributed by atoms with van der Waals surface area (Å²) in [5.41, 5.74) is 3.01. The quantitative estimate of drug-likeness (QED) is 0.476. The van der Waals surface area contributed by atoms with E-state index in [-0.39, 0.29) is 29.1 Å². The topological polar surface area (TPSA) is 38.7 Å². The molecule has 1 saturated carbocycles. The van der Waals surface area contributed by atoms with Gasteiger partial charge in [-0.15, -0.1) is 5.73 Å². The maximum absolute atomic E-state index is 11.1. The van der Waals surface area contributed by atoms with Gasteiger partial charge in [0.1, 0.15) is 0 Å². The average Bonchev–Trinajstić information content (AvgIpc) is 2.93. The highest BCUT2D eigenvalue weighted by atomic mass is 79.9. The van der Waals surface area contributed by atoms with E-state index in [1.54, 1.807) is 4.99 Å². The molecule has 21 heavy (non-hydrogen) atoms. The Bertz CT molecular complexity index is 465. The molecular weight excluding hydrogens is 468 g/mol. The normalized spacial score (nSPS) is 52.0. The molecule has 3 nitrogen and oxygen atoms in total. The van der Waals surface area contributed by atoms with E-state index in [1.807, 2.05) is 6.08 Å². The Hall–Kier alpha value is 0.840. The molecular formula is C15H19Br3O3. The second-order valence-corrected chi connectivity index (χ2v) is 8.78. The number of alkyl halides is 2. The molecule has 0 aromatic rings. The zero-order valence-electron chi connectivity index (χ0n) is 11.7. The lowest BCUT2D eigenvalue weighted by Gasteiger charge is -2.46. The van der Waals surface area contributed by atoms with E-state index < -0.39 is 5.79 Å². The second kappa shape index (κ2) is 6.39. The first kappa shape index (κ1) is 16.7. The van der Waals surface area contributed by atoms with Crippen molar-refractivity contribution in [2.45, 2.75) is 59.9 Å². The van der Waals surface area contributed by atoms with Crippen molar-refractivity contribution in [2.75, 3.05) is 0 Å². The van der Waals surface area contributed by atoms with Crippen LogP contribution in [-0.2, 0) is 9.47 Å². The largest absolute Gasteiger partial charge is 0.367 e. The molecule has 2 aliphatic heterocycles. The minimum Gasteiger partial charge on any atom is -0.367 e. The van der Waals surface area contributed by atoms with Gasteiger partial charge in [-0.2, -0.15) is 0 Å². The summed E-state index contributed by atoms with van der Waals surface area (Å²) >= 11 is 10.6. The van der Waals surface area contributed by atoms with Crippen molar-refractivity contribution >= 4 is 47.8 Å². The van der Waals surface area contributed by atoms with Gasteiger partial charge < -0.3 is 14.6 Å². The molecule has 2 saturated heterocycles. The van der Waals surface area contributed by atoms with Crippen LogP contribution in [0.2, 0.25) is 0 Å². The van der Waals surface area contributed by atoms with Gasteiger partial charge in [-0.05, 0) is 18.4 Å². The van der Waals surface area contributed by atoms with Crippen LogP contribution in [0.15, 0.2) is 16.8 Å². The van der Waals surface area contributed by atoms with Gasteiger partial charge in [0, 0.05) is 22.2 Å². The van der Waals surface area contributed by atoms with E-state index in [9.17, 15) is 5.11 Å². The van der Waals surface area contributed by atoms with Crippen molar-refractivity contribution in [3.05, 3.63) is 16.8 Å². The summed E-state index contributed by atoms with van der Waals surface area (Å²) in [6, 6.07) is 0. The molecule has 2 heterocycles. The molecule has 3 aliphatic rings. The Labute approximate surface area is 150 Å². The van der Waals surface area contributed by atoms with Crippen LogP contribution >= 0.6 is 47.8 Å². The molecule has 6 heteroatoms. The Balaban J connectivity index is 1.87. The molecule has 1 aliphatic carbocycles. The Morgan fingerprint density at radius 1 is 1.38 bits per heavy atom. The maximum atomic E-state index is 11.1. The smallest absolute Gasteiger partial charge is 0.184 e. The summed E-state index contributed by atoms with van der Waals surface area (Å²) in [6.07, 6.45) is 4.49. The van der Waals surface area contributed by atoms with Gasteiger partial charge in [0.05, 0.1) is 23.1 Å². The van der Waals surface area contributed by atoms with Crippen LogP contribution in [0.3, 0.4) is 0 Å². The van der Waals surface area contributed by atoms with Gasteiger partial charge in [-0.3, -0.25) is 0 Å². The lowest BCUT2D eigenvalue weighted by molar-refractivity contribution is -0.232. The van der Waals surface area contributed by atoms with Crippen LogP contribution in [0, 0.1) is 11.8 Å². The number of hydrogen-bond acceptors (Lipinski definition) is 3. The minimum atomic E-state index is -1.11. The predicted molar refractivity (Wildman–Crippen MR) is 92.0 cm³/mol. The van der Waals surface area contributed by atoms with Crippen LogP contribution in [-0.4, -0.2) is 38.9 Å². The molecule has 8 atom stereocenters. The third kappa shape index (κ3) is 2.75. The van der Waals surface area contributed by atoms with Crippen molar-refractivity contribution in [2.24, 2.45) is 11.8 Å². The highest BCUT2D eigenvalue weighted by Crippen LogP contribution is 2.56. The van der Waals surface area contributed by atoms with E-state index in [1.165, 1.54) is 0 Å². The van der Waals surface area contributed by atoms with Crippen LogP contribution < -0.4 is 0 Å². The lowest BCUT2D eigenvalue weighted by Crippen LogP contribution is -2.56. The molecule has 0 amide bonds. The molecule has 1 N–H and O–H groups in total. The first-order valence-electron chi connectivity index (χ1n) is 7.36. The molecule has 1 unspecified atom stereocenters. The van der Waals surface area contributed by atoms with E-state index in [2.05, 4.69) is 60.4 Å². The van der Waals surface area contributed by atoms with Crippen LogP contribution in [0.1, 0.15) is 26.2 Å². The number of ether oxygens (including phenoxy) is 2. The summed E-state index contributed by atoms with van der Waals surface area (Å²) in [5, 5.41) is 11.1. The van der Waals surface area contributed by atoms with Gasteiger partial charge >= 0.3 is 0 Å². The van der Waals surface area contributed by atoms with E-state index in [0.717, 1.165) is 19.3 Å². The Morgan fingerprint density at radius 2 is 2.14 bits per heavy atom. The summed E-state index contributed by atoms with van der Waals surface area (Å²) in [5.74, 6) is -0.755.